The Morgan fingerprint density at radius 2 is 1.77 bits per heavy atom. The Hall–Kier alpha value is -1.79. The van der Waals surface area contributed by atoms with Gasteiger partial charge in [0.05, 0.1) is 0 Å². The minimum absolute atomic E-state index is 0.720. The molecule has 6 nitrogen and oxygen atoms in total. The molecule has 0 aliphatic heterocycles. The number of hydrogen-bond acceptors (Lipinski definition) is 4. The zero-order valence-electron chi connectivity index (χ0n) is 16.9. The third-order valence-electron chi connectivity index (χ3n) is 4.14. The van der Waals surface area contributed by atoms with Crippen molar-refractivity contribution in [1.29, 1.82) is 0 Å². The molecule has 0 fully saturated rings. The Bertz CT molecular complexity index is 487. The van der Waals surface area contributed by atoms with Crippen LogP contribution < -0.4 is 15.4 Å². The van der Waals surface area contributed by atoms with E-state index in [2.05, 4.69) is 46.5 Å². The number of ether oxygens (including phenoxy) is 2. The second-order valence-electron chi connectivity index (χ2n) is 5.92. The highest BCUT2D eigenvalue weighted by molar-refractivity contribution is 5.79. The third kappa shape index (κ3) is 9.63. The van der Waals surface area contributed by atoms with Crippen molar-refractivity contribution in [2.45, 2.75) is 33.7 Å². The van der Waals surface area contributed by atoms with Gasteiger partial charge in [0.2, 0.25) is 0 Å². The monoisotopic (exact) mass is 364 g/mol. The van der Waals surface area contributed by atoms with Crippen LogP contribution in [0.5, 0.6) is 5.75 Å². The average molecular weight is 365 g/mol. The summed E-state index contributed by atoms with van der Waals surface area (Å²) < 4.78 is 11.1. The number of guanidine groups is 1. The zero-order valence-corrected chi connectivity index (χ0v) is 16.9. The van der Waals surface area contributed by atoms with Gasteiger partial charge in [0.1, 0.15) is 12.4 Å². The molecule has 26 heavy (non-hydrogen) atoms. The SMILES string of the molecule is CCOCCCNC(=NC)NCc1ccc(OCCN(CC)CC)cc1. The molecule has 0 saturated heterocycles. The molecular formula is C20H36N4O2. The zero-order chi connectivity index (χ0) is 19.0. The van der Waals surface area contributed by atoms with Crippen LogP contribution in [0.25, 0.3) is 0 Å². The number of hydrogen-bond donors (Lipinski definition) is 2. The van der Waals surface area contributed by atoms with Gasteiger partial charge >= 0.3 is 0 Å². The molecule has 0 heterocycles. The van der Waals surface area contributed by atoms with Crippen LogP contribution in [-0.4, -0.2) is 63.9 Å². The minimum Gasteiger partial charge on any atom is -0.492 e. The molecule has 1 aromatic rings. The quantitative estimate of drug-likeness (QED) is 0.320. The fourth-order valence-corrected chi connectivity index (χ4v) is 2.47. The summed E-state index contributed by atoms with van der Waals surface area (Å²) in [6, 6.07) is 8.22. The van der Waals surface area contributed by atoms with Gasteiger partial charge in [0, 0.05) is 39.9 Å². The van der Waals surface area contributed by atoms with Crippen molar-refractivity contribution >= 4 is 5.96 Å². The maximum atomic E-state index is 5.82. The van der Waals surface area contributed by atoms with Crippen molar-refractivity contribution < 1.29 is 9.47 Å². The summed E-state index contributed by atoms with van der Waals surface area (Å²) in [6.07, 6.45) is 0.966. The van der Waals surface area contributed by atoms with E-state index in [0.717, 1.165) is 70.7 Å². The molecule has 1 rings (SSSR count). The molecule has 6 heteroatoms. The normalized spacial score (nSPS) is 11.7. The van der Waals surface area contributed by atoms with Gasteiger partial charge in [-0.25, -0.2) is 0 Å². The Morgan fingerprint density at radius 3 is 2.38 bits per heavy atom. The van der Waals surface area contributed by atoms with Gasteiger partial charge in [-0.2, -0.15) is 0 Å². The van der Waals surface area contributed by atoms with Crippen LogP contribution in [0.2, 0.25) is 0 Å². The molecule has 148 valence electrons. The molecule has 0 unspecified atom stereocenters. The summed E-state index contributed by atoms with van der Waals surface area (Å²) in [6.45, 7) is 13.3. The highest BCUT2D eigenvalue weighted by atomic mass is 16.5. The fraction of sp³-hybridized carbons (Fsp3) is 0.650. The smallest absolute Gasteiger partial charge is 0.191 e. The second-order valence-corrected chi connectivity index (χ2v) is 5.92. The molecular weight excluding hydrogens is 328 g/mol. The first-order valence-electron chi connectivity index (χ1n) is 9.69. The first-order chi connectivity index (χ1) is 12.7. The Morgan fingerprint density at radius 1 is 1.04 bits per heavy atom. The van der Waals surface area contributed by atoms with Crippen molar-refractivity contribution in [3.05, 3.63) is 29.8 Å². The highest BCUT2D eigenvalue weighted by Crippen LogP contribution is 2.12. The predicted octanol–water partition coefficient (Wildman–Crippen LogP) is 2.50. The number of nitrogens with zero attached hydrogens (tertiary/aromatic N) is 2. The lowest BCUT2D eigenvalue weighted by Crippen LogP contribution is -2.37. The van der Waals surface area contributed by atoms with Crippen LogP contribution in [0.1, 0.15) is 32.8 Å². The van der Waals surface area contributed by atoms with E-state index in [9.17, 15) is 0 Å². The lowest BCUT2D eigenvalue weighted by atomic mass is 10.2. The van der Waals surface area contributed by atoms with Crippen LogP contribution in [0.4, 0.5) is 0 Å². The number of rotatable bonds is 13. The van der Waals surface area contributed by atoms with Crippen LogP contribution >= 0.6 is 0 Å². The lowest BCUT2D eigenvalue weighted by Gasteiger charge is -2.18. The molecule has 0 aliphatic carbocycles. The second kappa shape index (κ2) is 14.4. The Balaban J connectivity index is 2.28. The first kappa shape index (κ1) is 22.3. The van der Waals surface area contributed by atoms with Crippen LogP contribution in [0.15, 0.2) is 29.3 Å². The van der Waals surface area contributed by atoms with E-state index in [1.807, 2.05) is 19.1 Å². The number of likely N-dealkylation sites (N-methyl/N-ethyl adjacent to an activating group) is 1. The van der Waals surface area contributed by atoms with Gasteiger partial charge < -0.3 is 25.0 Å². The number of benzene rings is 1. The summed E-state index contributed by atoms with van der Waals surface area (Å²) >= 11 is 0. The first-order valence-corrected chi connectivity index (χ1v) is 9.69. The fourth-order valence-electron chi connectivity index (χ4n) is 2.47. The number of nitrogens with one attached hydrogen (secondary N) is 2. The maximum absolute atomic E-state index is 5.82. The van der Waals surface area contributed by atoms with Crippen LogP contribution in [0.3, 0.4) is 0 Å². The summed E-state index contributed by atoms with van der Waals surface area (Å²) in [4.78, 5) is 6.59. The van der Waals surface area contributed by atoms with Gasteiger partial charge in [-0.1, -0.05) is 26.0 Å². The van der Waals surface area contributed by atoms with Gasteiger partial charge in [-0.05, 0) is 44.1 Å². The Labute approximate surface area is 159 Å². The number of aliphatic imine (C=N–C) groups is 1. The van der Waals surface area contributed by atoms with Crippen molar-refractivity contribution in [2.24, 2.45) is 4.99 Å². The van der Waals surface area contributed by atoms with Gasteiger partial charge in [-0.15, -0.1) is 0 Å². The molecule has 2 N–H and O–H groups in total. The van der Waals surface area contributed by atoms with Crippen molar-refractivity contribution in [3.63, 3.8) is 0 Å². The van der Waals surface area contributed by atoms with E-state index in [-0.39, 0.29) is 0 Å². The van der Waals surface area contributed by atoms with Crippen LogP contribution in [0, 0.1) is 0 Å². The molecule has 0 bridgehead atoms. The molecule has 1 aromatic carbocycles. The van der Waals surface area contributed by atoms with Crippen molar-refractivity contribution in [2.75, 3.05) is 53.0 Å². The van der Waals surface area contributed by atoms with Crippen molar-refractivity contribution in [1.82, 2.24) is 15.5 Å². The highest BCUT2D eigenvalue weighted by Gasteiger charge is 2.01. The minimum atomic E-state index is 0.720. The van der Waals surface area contributed by atoms with Gasteiger partial charge in [-0.3, -0.25) is 4.99 Å². The molecule has 0 radical (unpaired) electrons. The van der Waals surface area contributed by atoms with E-state index in [1.165, 1.54) is 5.56 Å². The maximum Gasteiger partial charge on any atom is 0.191 e. The van der Waals surface area contributed by atoms with Crippen LogP contribution in [-0.2, 0) is 11.3 Å². The van der Waals surface area contributed by atoms with E-state index in [4.69, 9.17) is 9.47 Å². The van der Waals surface area contributed by atoms with E-state index >= 15 is 0 Å². The Kier molecular flexibility index (Phi) is 12.3. The molecule has 0 atom stereocenters. The summed E-state index contributed by atoms with van der Waals surface area (Å²) in [5.74, 6) is 1.72. The van der Waals surface area contributed by atoms with E-state index in [1.54, 1.807) is 7.05 Å². The molecule has 0 saturated carbocycles. The van der Waals surface area contributed by atoms with E-state index < -0.39 is 0 Å². The average Bonchev–Trinajstić information content (AvgIpc) is 2.68. The van der Waals surface area contributed by atoms with Gasteiger partial charge in [0.25, 0.3) is 0 Å². The third-order valence-corrected chi connectivity index (χ3v) is 4.14. The summed E-state index contributed by atoms with van der Waals surface area (Å²) in [5.41, 5.74) is 1.19. The molecule has 0 spiro atoms. The van der Waals surface area contributed by atoms with Gasteiger partial charge in [0.15, 0.2) is 5.96 Å². The molecule has 0 aliphatic rings. The molecule has 0 amide bonds. The summed E-state index contributed by atoms with van der Waals surface area (Å²) in [5, 5.41) is 6.61. The standard InChI is InChI=1S/C20H36N4O2/c1-5-24(6-2)14-16-26-19-11-9-18(10-12-19)17-23-20(21-4)22-13-8-15-25-7-3/h9-12H,5-8,13-17H2,1-4H3,(H2,21,22,23). The van der Waals surface area contributed by atoms with Crippen molar-refractivity contribution in [3.8, 4) is 5.75 Å². The predicted molar refractivity (Wildman–Crippen MR) is 109 cm³/mol. The largest absolute Gasteiger partial charge is 0.492 e. The topological polar surface area (TPSA) is 58.1 Å². The molecule has 0 aromatic heterocycles. The summed E-state index contributed by atoms with van der Waals surface area (Å²) in [7, 11) is 1.78. The lowest BCUT2D eigenvalue weighted by molar-refractivity contribution is 0.145. The van der Waals surface area contributed by atoms with E-state index in [0.29, 0.717) is 0 Å².